The fourth-order valence-electron chi connectivity index (χ4n) is 1.89. The van der Waals surface area contributed by atoms with Gasteiger partial charge in [0.1, 0.15) is 11.5 Å². The van der Waals surface area contributed by atoms with Gasteiger partial charge in [-0.05, 0) is 18.6 Å². The van der Waals surface area contributed by atoms with Gasteiger partial charge in [-0.25, -0.2) is 0 Å². The molecule has 1 aromatic carbocycles. The summed E-state index contributed by atoms with van der Waals surface area (Å²) in [6.45, 7) is 2.73. The molecule has 3 heteroatoms. The second-order valence-electron chi connectivity index (χ2n) is 3.60. The highest BCUT2D eigenvalue weighted by molar-refractivity contribution is 5.48. The number of hydrogen-bond acceptors (Lipinski definition) is 3. The summed E-state index contributed by atoms with van der Waals surface area (Å²) in [5.74, 6) is 1.70. The Labute approximate surface area is 83.8 Å². The second-order valence-corrected chi connectivity index (χ2v) is 3.60. The molecule has 1 aromatic rings. The normalized spacial score (nSPS) is 19.8. The minimum atomic E-state index is 0.102. The van der Waals surface area contributed by atoms with Crippen LogP contribution in [0.2, 0.25) is 0 Å². The molecule has 2 N–H and O–H groups in total. The third-order valence-electron chi connectivity index (χ3n) is 2.62. The zero-order chi connectivity index (χ0) is 10.1. The van der Waals surface area contributed by atoms with Crippen LogP contribution in [0.4, 0.5) is 0 Å². The minimum absolute atomic E-state index is 0.102. The predicted molar refractivity (Wildman–Crippen MR) is 54.8 cm³/mol. The van der Waals surface area contributed by atoms with E-state index < -0.39 is 0 Å². The van der Waals surface area contributed by atoms with Crippen molar-refractivity contribution in [3.05, 3.63) is 23.3 Å². The van der Waals surface area contributed by atoms with Crippen molar-refractivity contribution in [2.45, 2.75) is 19.4 Å². The lowest BCUT2D eigenvalue weighted by atomic mass is 9.96. The van der Waals surface area contributed by atoms with E-state index in [2.05, 4.69) is 0 Å². The van der Waals surface area contributed by atoms with Gasteiger partial charge in [0.2, 0.25) is 0 Å². The molecule has 1 heterocycles. The topological polar surface area (TPSA) is 44.5 Å². The summed E-state index contributed by atoms with van der Waals surface area (Å²) in [7, 11) is 1.66. The van der Waals surface area contributed by atoms with Crippen LogP contribution in [-0.2, 0) is 0 Å². The largest absolute Gasteiger partial charge is 0.497 e. The molecule has 0 bridgehead atoms. The smallest absolute Gasteiger partial charge is 0.128 e. The van der Waals surface area contributed by atoms with Gasteiger partial charge >= 0.3 is 0 Å². The van der Waals surface area contributed by atoms with Gasteiger partial charge in [0, 0.05) is 24.1 Å². The Morgan fingerprint density at radius 1 is 1.50 bits per heavy atom. The lowest BCUT2D eigenvalue weighted by molar-refractivity contribution is 0.266. The first kappa shape index (κ1) is 9.34. The number of rotatable bonds is 1. The number of aryl methyl sites for hydroxylation is 1. The van der Waals surface area contributed by atoms with Crippen LogP contribution in [0.5, 0.6) is 11.5 Å². The van der Waals surface area contributed by atoms with Gasteiger partial charge in [-0.3, -0.25) is 0 Å². The number of methoxy groups -OCH3 is 1. The Bertz CT molecular complexity index is 349. The Balaban J connectivity index is 2.51. The van der Waals surface area contributed by atoms with Gasteiger partial charge in [-0.15, -0.1) is 0 Å². The van der Waals surface area contributed by atoms with E-state index in [1.807, 2.05) is 19.1 Å². The summed E-state index contributed by atoms with van der Waals surface area (Å²) in [5.41, 5.74) is 8.29. The van der Waals surface area contributed by atoms with E-state index >= 15 is 0 Å². The lowest BCUT2D eigenvalue weighted by Crippen LogP contribution is -2.21. The summed E-state index contributed by atoms with van der Waals surface area (Å²) in [4.78, 5) is 0. The standard InChI is InChI=1S/C11H15NO2/c1-7-5-8(13-2)6-10-11(7)9(12)3-4-14-10/h5-6,9H,3-4,12H2,1-2H3/t9-/m1/s1. The van der Waals surface area contributed by atoms with Crippen molar-refractivity contribution in [1.82, 2.24) is 0 Å². The fourth-order valence-corrected chi connectivity index (χ4v) is 1.89. The van der Waals surface area contributed by atoms with Crippen molar-refractivity contribution < 1.29 is 9.47 Å². The van der Waals surface area contributed by atoms with Gasteiger partial charge in [0.05, 0.1) is 13.7 Å². The molecule has 14 heavy (non-hydrogen) atoms. The van der Waals surface area contributed by atoms with Crippen LogP contribution < -0.4 is 15.2 Å². The summed E-state index contributed by atoms with van der Waals surface area (Å²) >= 11 is 0. The molecule has 1 aliphatic heterocycles. The second kappa shape index (κ2) is 3.50. The monoisotopic (exact) mass is 193 g/mol. The molecular weight excluding hydrogens is 178 g/mol. The molecule has 0 aromatic heterocycles. The zero-order valence-corrected chi connectivity index (χ0v) is 8.54. The first-order valence-electron chi connectivity index (χ1n) is 4.79. The molecule has 0 radical (unpaired) electrons. The van der Waals surface area contributed by atoms with E-state index in [4.69, 9.17) is 15.2 Å². The van der Waals surface area contributed by atoms with Crippen molar-refractivity contribution in [1.29, 1.82) is 0 Å². The number of ether oxygens (including phenoxy) is 2. The van der Waals surface area contributed by atoms with Crippen molar-refractivity contribution in [3.8, 4) is 11.5 Å². The molecule has 1 aliphatic rings. The molecule has 1 atom stereocenters. The van der Waals surface area contributed by atoms with E-state index in [0.29, 0.717) is 6.61 Å². The van der Waals surface area contributed by atoms with E-state index in [1.165, 1.54) is 0 Å². The highest BCUT2D eigenvalue weighted by atomic mass is 16.5. The quantitative estimate of drug-likeness (QED) is 0.739. The van der Waals surface area contributed by atoms with Crippen molar-refractivity contribution in [2.75, 3.05) is 13.7 Å². The van der Waals surface area contributed by atoms with Gasteiger partial charge in [-0.2, -0.15) is 0 Å². The van der Waals surface area contributed by atoms with Gasteiger partial charge < -0.3 is 15.2 Å². The van der Waals surface area contributed by atoms with Crippen LogP contribution in [0.25, 0.3) is 0 Å². The Morgan fingerprint density at radius 3 is 3.00 bits per heavy atom. The van der Waals surface area contributed by atoms with Crippen LogP contribution in [0.15, 0.2) is 12.1 Å². The Morgan fingerprint density at radius 2 is 2.29 bits per heavy atom. The number of nitrogens with two attached hydrogens (primary N) is 1. The molecule has 0 amide bonds. The summed E-state index contributed by atoms with van der Waals surface area (Å²) in [6.07, 6.45) is 0.889. The van der Waals surface area contributed by atoms with Gasteiger partial charge in [0.25, 0.3) is 0 Å². The molecule has 0 aliphatic carbocycles. The summed E-state index contributed by atoms with van der Waals surface area (Å²) in [6, 6.07) is 4.00. The average Bonchev–Trinajstić information content (AvgIpc) is 2.17. The molecule has 2 rings (SSSR count). The van der Waals surface area contributed by atoms with Crippen LogP contribution in [0, 0.1) is 6.92 Å². The molecule has 3 nitrogen and oxygen atoms in total. The SMILES string of the molecule is COc1cc(C)c2c(c1)OCC[C@H]2N. The predicted octanol–water partition coefficient (Wildman–Crippen LogP) is 1.79. The van der Waals surface area contributed by atoms with Gasteiger partial charge in [0.15, 0.2) is 0 Å². The maximum absolute atomic E-state index is 6.02. The fraction of sp³-hybridized carbons (Fsp3) is 0.455. The minimum Gasteiger partial charge on any atom is -0.497 e. The average molecular weight is 193 g/mol. The van der Waals surface area contributed by atoms with E-state index in [9.17, 15) is 0 Å². The molecule has 76 valence electrons. The molecule has 0 spiro atoms. The maximum atomic E-state index is 6.02. The highest BCUT2D eigenvalue weighted by Gasteiger charge is 2.20. The van der Waals surface area contributed by atoms with Crippen LogP contribution in [0.3, 0.4) is 0 Å². The van der Waals surface area contributed by atoms with Gasteiger partial charge in [-0.1, -0.05) is 0 Å². The first-order chi connectivity index (χ1) is 6.72. The van der Waals surface area contributed by atoms with Crippen LogP contribution in [0.1, 0.15) is 23.6 Å². The lowest BCUT2D eigenvalue weighted by Gasteiger charge is -2.25. The van der Waals surface area contributed by atoms with E-state index in [1.54, 1.807) is 7.11 Å². The molecule has 0 saturated carbocycles. The van der Waals surface area contributed by atoms with Crippen molar-refractivity contribution in [2.24, 2.45) is 5.73 Å². The number of hydrogen-bond donors (Lipinski definition) is 1. The Kier molecular flexibility index (Phi) is 2.33. The summed E-state index contributed by atoms with van der Waals surface area (Å²) < 4.78 is 10.7. The summed E-state index contributed by atoms with van der Waals surface area (Å²) in [5, 5.41) is 0. The van der Waals surface area contributed by atoms with E-state index in [-0.39, 0.29) is 6.04 Å². The highest BCUT2D eigenvalue weighted by Crippen LogP contribution is 2.36. The van der Waals surface area contributed by atoms with Crippen molar-refractivity contribution in [3.63, 3.8) is 0 Å². The molecule has 0 saturated heterocycles. The molecule has 0 fully saturated rings. The third kappa shape index (κ3) is 1.44. The maximum Gasteiger partial charge on any atom is 0.128 e. The first-order valence-corrected chi connectivity index (χ1v) is 4.79. The molecular formula is C11H15NO2. The van der Waals surface area contributed by atoms with Crippen molar-refractivity contribution >= 4 is 0 Å². The molecule has 0 unspecified atom stereocenters. The third-order valence-corrected chi connectivity index (χ3v) is 2.62. The Hall–Kier alpha value is -1.22. The number of fused-ring (bicyclic) bond motifs is 1. The van der Waals surface area contributed by atoms with Crippen LogP contribution in [-0.4, -0.2) is 13.7 Å². The van der Waals surface area contributed by atoms with Crippen LogP contribution >= 0.6 is 0 Å². The zero-order valence-electron chi connectivity index (χ0n) is 8.54. The number of benzene rings is 1. The van der Waals surface area contributed by atoms with E-state index in [0.717, 1.165) is 29.0 Å².